The van der Waals surface area contributed by atoms with Gasteiger partial charge >= 0.3 is 0 Å². The van der Waals surface area contributed by atoms with Gasteiger partial charge in [-0.3, -0.25) is 14.8 Å². The molecule has 1 amide bonds. The second-order valence-electron chi connectivity index (χ2n) is 6.24. The van der Waals surface area contributed by atoms with Crippen molar-refractivity contribution in [3.8, 4) is 5.75 Å². The summed E-state index contributed by atoms with van der Waals surface area (Å²) < 4.78 is 18.5. The molecule has 134 valence electrons. The largest absolute Gasteiger partial charge is 0.492 e. The first-order valence-electron chi connectivity index (χ1n) is 8.57. The van der Waals surface area contributed by atoms with Gasteiger partial charge in [-0.1, -0.05) is 6.07 Å². The number of halogens is 1. The molecule has 0 aliphatic carbocycles. The van der Waals surface area contributed by atoms with E-state index in [9.17, 15) is 9.18 Å². The van der Waals surface area contributed by atoms with Crippen LogP contribution in [0.4, 0.5) is 4.39 Å². The second kappa shape index (κ2) is 8.62. The van der Waals surface area contributed by atoms with Gasteiger partial charge in [-0.15, -0.1) is 0 Å². The number of H-pyrrole nitrogens is 1. The highest BCUT2D eigenvalue weighted by Gasteiger charge is 2.23. The van der Waals surface area contributed by atoms with Crippen molar-refractivity contribution in [2.75, 3.05) is 32.8 Å². The van der Waals surface area contributed by atoms with Gasteiger partial charge in [0.05, 0.1) is 13.1 Å². The van der Waals surface area contributed by atoms with Crippen molar-refractivity contribution in [3.63, 3.8) is 0 Å². The summed E-state index contributed by atoms with van der Waals surface area (Å²) in [5.41, 5.74) is 1.13. The number of nitrogens with zero attached hydrogens (tertiary/aromatic N) is 2. The summed E-state index contributed by atoms with van der Waals surface area (Å²) in [5.74, 6) is 0.514. The minimum absolute atomic E-state index is 0.0203. The van der Waals surface area contributed by atoms with E-state index in [1.165, 1.54) is 12.1 Å². The molecule has 6 nitrogen and oxygen atoms in total. The average Bonchev–Trinajstić information content (AvgIpc) is 3.14. The van der Waals surface area contributed by atoms with Crippen LogP contribution < -0.4 is 10.1 Å². The first kappa shape index (κ1) is 17.4. The molecule has 0 unspecified atom stereocenters. The summed E-state index contributed by atoms with van der Waals surface area (Å²) in [6.45, 7) is 2.87. The molecule has 1 atom stereocenters. The zero-order chi connectivity index (χ0) is 17.5. The van der Waals surface area contributed by atoms with Gasteiger partial charge in [0.1, 0.15) is 18.2 Å². The molecule has 7 heteroatoms. The van der Waals surface area contributed by atoms with Gasteiger partial charge < -0.3 is 10.1 Å². The van der Waals surface area contributed by atoms with E-state index in [0.717, 1.165) is 31.6 Å². The standard InChI is InChI=1S/C18H23FN4O2/c19-15-4-1-5-16(11-15)25-10-8-20-18(24)13-23-9-2-3-14(12-23)17-6-7-21-22-17/h1,4-7,11,14H,2-3,8-10,12-13H2,(H,20,24)(H,21,22)/t14-/m0/s1. The lowest BCUT2D eigenvalue weighted by atomic mass is 9.95. The molecule has 2 heterocycles. The van der Waals surface area contributed by atoms with Crippen molar-refractivity contribution in [3.05, 3.63) is 48.0 Å². The number of likely N-dealkylation sites (tertiary alicyclic amines) is 1. The Morgan fingerprint density at radius 1 is 1.44 bits per heavy atom. The predicted octanol–water partition coefficient (Wildman–Crippen LogP) is 1.92. The third kappa shape index (κ3) is 5.29. The number of hydrogen-bond acceptors (Lipinski definition) is 4. The van der Waals surface area contributed by atoms with Gasteiger partial charge in [0.2, 0.25) is 5.91 Å². The maximum Gasteiger partial charge on any atom is 0.234 e. The molecule has 1 aliphatic rings. The van der Waals surface area contributed by atoms with E-state index in [4.69, 9.17) is 4.74 Å². The zero-order valence-electron chi connectivity index (χ0n) is 14.1. The SMILES string of the molecule is O=C(CN1CCC[C@H](c2ccn[nH]2)C1)NCCOc1cccc(F)c1. The average molecular weight is 346 g/mol. The highest BCUT2D eigenvalue weighted by atomic mass is 19.1. The Bertz CT molecular complexity index is 677. The third-order valence-corrected chi connectivity index (χ3v) is 4.32. The molecular weight excluding hydrogens is 323 g/mol. The number of benzene rings is 1. The number of aromatic nitrogens is 2. The molecule has 2 N–H and O–H groups in total. The first-order chi connectivity index (χ1) is 12.2. The van der Waals surface area contributed by atoms with Crippen molar-refractivity contribution in [1.82, 2.24) is 20.4 Å². The summed E-state index contributed by atoms with van der Waals surface area (Å²) in [5, 5.41) is 9.87. The van der Waals surface area contributed by atoms with Gasteiger partial charge in [-0.2, -0.15) is 5.10 Å². The summed E-state index contributed by atoms with van der Waals surface area (Å²) in [7, 11) is 0. The van der Waals surface area contributed by atoms with Crippen molar-refractivity contribution in [2.45, 2.75) is 18.8 Å². The van der Waals surface area contributed by atoms with Crippen LogP contribution in [-0.2, 0) is 4.79 Å². The molecule has 1 aliphatic heterocycles. The maximum absolute atomic E-state index is 13.0. The molecule has 1 aromatic carbocycles. The number of nitrogens with one attached hydrogen (secondary N) is 2. The molecule has 3 rings (SSSR count). The number of hydrogen-bond donors (Lipinski definition) is 2. The summed E-state index contributed by atoms with van der Waals surface area (Å²) in [6.07, 6.45) is 3.95. The number of ether oxygens (including phenoxy) is 1. The van der Waals surface area contributed by atoms with E-state index < -0.39 is 0 Å². The van der Waals surface area contributed by atoms with Crippen molar-refractivity contribution in [1.29, 1.82) is 0 Å². The normalized spacial score (nSPS) is 18.0. The van der Waals surface area contributed by atoms with E-state index in [2.05, 4.69) is 20.4 Å². The second-order valence-corrected chi connectivity index (χ2v) is 6.24. The molecule has 1 aromatic heterocycles. The predicted molar refractivity (Wildman–Crippen MR) is 91.9 cm³/mol. The third-order valence-electron chi connectivity index (χ3n) is 4.32. The molecule has 1 saturated heterocycles. The Hall–Kier alpha value is -2.41. The van der Waals surface area contributed by atoms with Crippen molar-refractivity contribution >= 4 is 5.91 Å². The molecule has 0 bridgehead atoms. The number of piperidine rings is 1. The number of carbonyl (C=O) groups excluding carboxylic acids is 1. The van der Waals surface area contributed by atoms with Crippen LogP contribution in [0.1, 0.15) is 24.5 Å². The number of rotatable bonds is 7. The van der Waals surface area contributed by atoms with Crippen LogP contribution in [-0.4, -0.2) is 53.8 Å². The van der Waals surface area contributed by atoms with E-state index in [1.54, 1.807) is 18.3 Å². The summed E-state index contributed by atoms with van der Waals surface area (Å²) >= 11 is 0. The van der Waals surface area contributed by atoms with E-state index >= 15 is 0 Å². The highest BCUT2D eigenvalue weighted by Crippen LogP contribution is 2.24. The van der Waals surface area contributed by atoms with Crippen LogP contribution in [0.3, 0.4) is 0 Å². The summed E-state index contributed by atoms with van der Waals surface area (Å²) in [4.78, 5) is 14.2. The number of carbonyl (C=O) groups is 1. The first-order valence-corrected chi connectivity index (χ1v) is 8.57. The molecule has 0 saturated carbocycles. The van der Waals surface area contributed by atoms with Crippen LogP contribution in [0.25, 0.3) is 0 Å². The molecule has 2 aromatic rings. The summed E-state index contributed by atoms with van der Waals surface area (Å²) in [6, 6.07) is 7.97. The molecular formula is C18H23FN4O2. The fourth-order valence-corrected chi connectivity index (χ4v) is 3.12. The lowest BCUT2D eigenvalue weighted by molar-refractivity contribution is -0.122. The van der Waals surface area contributed by atoms with Gasteiger partial charge in [-0.05, 0) is 37.6 Å². The fraction of sp³-hybridized carbons (Fsp3) is 0.444. The molecule has 1 fully saturated rings. The van der Waals surface area contributed by atoms with Gasteiger partial charge in [0.15, 0.2) is 0 Å². The Morgan fingerprint density at radius 2 is 2.36 bits per heavy atom. The smallest absolute Gasteiger partial charge is 0.234 e. The molecule has 0 spiro atoms. The molecule has 25 heavy (non-hydrogen) atoms. The maximum atomic E-state index is 13.0. The van der Waals surface area contributed by atoms with Crippen LogP contribution in [0, 0.1) is 5.82 Å². The van der Waals surface area contributed by atoms with Gasteiger partial charge in [0.25, 0.3) is 0 Å². The minimum Gasteiger partial charge on any atom is -0.492 e. The van der Waals surface area contributed by atoms with Crippen molar-refractivity contribution in [2.24, 2.45) is 0 Å². The highest BCUT2D eigenvalue weighted by molar-refractivity contribution is 5.78. The van der Waals surface area contributed by atoms with Crippen LogP contribution in [0.5, 0.6) is 5.75 Å². The van der Waals surface area contributed by atoms with Crippen molar-refractivity contribution < 1.29 is 13.9 Å². The number of amides is 1. The lowest BCUT2D eigenvalue weighted by Gasteiger charge is -2.31. The van der Waals surface area contributed by atoms with Crippen LogP contribution in [0.2, 0.25) is 0 Å². The van der Waals surface area contributed by atoms with E-state index in [0.29, 0.717) is 31.4 Å². The van der Waals surface area contributed by atoms with Crippen LogP contribution >= 0.6 is 0 Å². The fourth-order valence-electron chi connectivity index (χ4n) is 3.12. The number of aromatic amines is 1. The Morgan fingerprint density at radius 3 is 3.16 bits per heavy atom. The Kier molecular flexibility index (Phi) is 6.00. The quantitative estimate of drug-likeness (QED) is 0.752. The van der Waals surface area contributed by atoms with E-state index in [-0.39, 0.29) is 11.7 Å². The lowest BCUT2D eigenvalue weighted by Crippen LogP contribution is -2.42. The monoisotopic (exact) mass is 346 g/mol. The minimum atomic E-state index is -0.335. The topological polar surface area (TPSA) is 70.2 Å². The van der Waals surface area contributed by atoms with Crippen LogP contribution in [0.15, 0.2) is 36.5 Å². The Balaban J connectivity index is 1.36. The van der Waals surface area contributed by atoms with Gasteiger partial charge in [0, 0.05) is 30.4 Å². The zero-order valence-corrected chi connectivity index (χ0v) is 14.1. The molecule has 0 radical (unpaired) electrons. The Labute approximate surface area is 146 Å². The van der Waals surface area contributed by atoms with Gasteiger partial charge in [-0.25, -0.2) is 4.39 Å². The van der Waals surface area contributed by atoms with E-state index in [1.807, 2.05) is 6.07 Å².